The van der Waals surface area contributed by atoms with E-state index in [0.29, 0.717) is 29.8 Å². The molecule has 0 saturated carbocycles. The maximum Gasteiger partial charge on any atom is 0.417 e. The molecule has 1 aliphatic heterocycles. The molecule has 1 amide bonds. The van der Waals surface area contributed by atoms with Gasteiger partial charge in [-0.3, -0.25) is 5.10 Å². The Morgan fingerprint density at radius 1 is 1.29 bits per heavy atom. The number of amides is 1. The summed E-state index contributed by atoms with van der Waals surface area (Å²) in [6.07, 6.45) is -3.64. The normalized spacial score (nSPS) is 15.1. The number of aromatic amines is 1. The summed E-state index contributed by atoms with van der Waals surface area (Å²) in [7, 11) is -3.42. The Bertz CT molecular complexity index is 1160. The molecular formula is C21H27F3N4O4S2. The molecule has 13 heteroatoms. The fraction of sp³-hybridized carbons (Fsp3) is 0.524. The average Bonchev–Trinajstić information content (AvgIpc) is 3.11. The molecule has 0 saturated heterocycles. The SMILES string of the molecule is CC(C)(C)OC(=O)NCCSc1cc(-c2n[nH]c3c2CN(S(C)(=O)=O)CC3)ccc1C(F)(F)F. The summed E-state index contributed by atoms with van der Waals surface area (Å²) < 4.78 is 71.2. The van der Waals surface area contributed by atoms with Gasteiger partial charge in [-0.2, -0.15) is 22.6 Å². The van der Waals surface area contributed by atoms with E-state index in [1.807, 2.05) is 0 Å². The first kappa shape index (κ1) is 26.4. The summed E-state index contributed by atoms with van der Waals surface area (Å²) in [6.45, 7) is 5.67. The average molecular weight is 521 g/mol. The molecule has 1 aromatic carbocycles. The second kappa shape index (κ2) is 9.78. The lowest BCUT2D eigenvalue weighted by atomic mass is 10.0. The number of alkyl carbamates (subject to hydrolysis) is 1. The first-order valence-corrected chi connectivity index (χ1v) is 13.3. The number of fused-ring (bicyclic) bond motifs is 1. The number of alkyl halides is 3. The first-order valence-electron chi connectivity index (χ1n) is 10.5. The van der Waals surface area contributed by atoms with Crippen LogP contribution in [0, 0.1) is 0 Å². The van der Waals surface area contributed by atoms with Crippen molar-refractivity contribution in [2.75, 3.05) is 25.1 Å². The molecule has 0 spiro atoms. The van der Waals surface area contributed by atoms with E-state index in [9.17, 15) is 26.4 Å². The third kappa shape index (κ3) is 6.66. The van der Waals surface area contributed by atoms with Gasteiger partial charge < -0.3 is 10.1 Å². The number of rotatable bonds is 6. The largest absolute Gasteiger partial charge is 0.444 e. The van der Waals surface area contributed by atoms with Gasteiger partial charge in [0.05, 0.1) is 17.5 Å². The van der Waals surface area contributed by atoms with Gasteiger partial charge in [0.2, 0.25) is 10.0 Å². The second-order valence-electron chi connectivity index (χ2n) is 8.86. The predicted octanol–water partition coefficient (Wildman–Crippen LogP) is 4.03. The van der Waals surface area contributed by atoms with Gasteiger partial charge >= 0.3 is 12.3 Å². The van der Waals surface area contributed by atoms with Crippen LogP contribution < -0.4 is 5.32 Å². The van der Waals surface area contributed by atoms with Crippen LogP contribution in [0.2, 0.25) is 0 Å². The highest BCUT2D eigenvalue weighted by molar-refractivity contribution is 7.99. The highest BCUT2D eigenvalue weighted by Gasteiger charge is 2.34. The molecule has 1 aromatic heterocycles. The van der Waals surface area contributed by atoms with Crippen molar-refractivity contribution < 1.29 is 31.1 Å². The Hall–Kier alpha value is -2.25. The number of ether oxygens (including phenoxy) is 1. The van der Waals surface area contributed by atoms with E-state index in [1.54, 1.807) is 20.8 Å². The number of sulfonamides is 1. The molecule has 1 aliphatic rings. The fourth-order valence-electron chi connectivity index (χ4n) is 3.44. The maximum absolute atomic E-state index is 13.6. The maximum atomic E-state index is 13.6. The van der Waals surface area contributed by atoms with Gasteiger partial charge in [-0.05, 0) is 32.9 Å². The van der Waals surface area contributed by atoms with E-state index in [-0.39, 0.29) is 23.7 Å². The summed E-state index contributed by atoms with van der Waals surface area (Å²) in [6, 6.07) is 3.73. The van der Waals surface area contributed by atoms with Crippen LogP contribution in [0.4, 0.5) is 18.0 Å². The Labute approximate surface area is 200 Å². The topological polar surface area (TPSA) is 104 Å². The minimum absolute atomic E-state index is 0.0106. The van der Waals surface area contributed by atoms with Gasteiger partial charge in [0.25, 0.3) is 0 Å². The molecule has 0 radical (unpaired) electrons. The minimum atomic E-state index is -4.56. The molecule has 188 valence electrons. The first-order chi connectivity index (χ1) is 15.6. The van der Waals surface area contributed by atoms with E-state index in [4.69, 9.17) is 4.74 Å². The van der Waals surface area contributed by atoms with Crippen LogP contribution in [-0.4, -0.2) is 59.7 Å². The number of nitrogens with zero attached hydrogens (tertiary/aromatic N) is 2. The number of hydrogen-bond donors (Lipinski definition) is 2. The third-order valence-corrected chi connectivity index (χ3v) is 7.26. The zero-order valence-corrected chi connectivity index (χ0v) is 20.9. The summed E-state index contributed by atoms with van der Waals surface area (Å²) in [5.41, 5.74) is 0.823. The van der Waals surface area contributed by atoms with E-state index < -0.39 is 33.5 Å². The molecule has 2 aromatic rings. The minimum Gasteiger partial charge on any atom is -0.444 e. The predicted molar refractivity (Wildman–Crippen MR) is 123 cm³/mol. The number of thioether (sulfide) groups is 1. The molecule has 0 aliphatic carbocycles. The third-order valence-electron chi connectivity index (χ3n) is 4.96. The lowest BCUT2D eigenvalue weighted by Crippen LogP contribution is -2.35. The van der Waals surface area contributed by atoms with Crippen molar-refractivity contribution in [2.24, 2.45) is 0 Å². The van der Waals surface area contributed by atoms with Crippen molar-refractivity contribution in [3.8, 4) is 11.3 Å². The Morgan fingerprint density at radius 2 is 2.00 bits per heavy atom. The summed E-state index contributed by atoms with van der Waals surface area (Å²) in [5.74, 6) is 0.187. The van der Waals surface area contributed by atoms with Crippen LogP contribution in [0.3, 0.4) is 0 Å². The Morgan fingerprint density at radius 3 is 2.62 bits per heavy atom. The summed E-state index contributed by atoms with van der Waals surface area (Å²) in [4.78, 5) is 11.7. The standard InChI is InChI=1S/C21H27F3N4O4S2/c1-20(2,3)32-19(29)25-8-10-33-17-11-13(5-6-15(17)21(22,23)24)18-14-12-28(34(4,30)31)9-7-16(14)26-27-18/h5-6,11H,7-10,12H2,1-4H3,(H,25,29)(H,26,27). The Kier molecular flexibility index (Phi) is 7.58. The van der Waals surface area contributed by atoms with Gasteiger partial charge in [-0.1, -0.05) is 6.07 Å². The van der Waals surface area contributed by atoms with E-state index >= 15 is 0 Å². The van der Waals surface area contributed by atoms with Crippen molar-refractivity contribution >= 4 is 27.9 Å². The number of hydrogen-bond acceptors (Lipinski definition) is 6. The number of nitrogens with one attached hydrogen (secondary N) is 2. The monoisotopic (exact) mass is 520 g/mol. The molecular weight excluding hydrogens is 493 g/mol. The molecule has 0 unspecified atom stereocenters. The highest BCUT2D eigenvalue weighted by Crippen LogP contribution is 2.39. The highest BCUT2D eigenvalue weighted by atomic mass is 32.2. The number of halogens is 3. The molecule has 0 fully saturated rings. The van der Waals surface area contributed by atoms with E-state index in [0.717, 1.165) is 29.8 Å². The van der Waals surface area contributed by atoms with E-state index in [1.165, 1.54) is 16.4 Å². The van der Waals surface area contributed by atoms with Gasteiger partial charge in [0, 0.05) is 53.5 Å². The zero-order valence-electron chi connectivity index (χ0n) is 19.2. The fourth-order valence-corrected chi connectivity index (χ4v) is 5.20. The quantitative estimate of drug-likeness (QED) is 0.440. The summed E-state index contributed by atoms with van der Waals surface area (Å²) >= 11 is 0.953. The van der Waals surface area contributed by atoms with Crippen LogP contribution in [0.1, 0.15) is 37.6 Å². The molecule has 34 heavy (non-hydrogen) atoms. The van der Waals surface area contributed by atoms with Crippen molar-refractivity contribution in [3.63, 3.8) is 0 Å². The van der Waals surface area contributed by atoms with Crippen molar-refractivity contribution in [3.05, 3.63) is 35.0 Å². The second-order valence-corrected chi connectivity index (χ2v) is 12.0. The van der Waals surface area contributed by atoms with Crippen LogP contribution in [-0.2, 0) is 33.9 Å². The number of carbonyl (C=O) groups excluding carboxylic acids is 1. The lowest BCUT2D eigenvalue weighted by Gasteiger charge is -2.24. The van der Waals surface area contributed by atoms with Gasteiger partial charge in [0.1, 0.15) is 5.60 Å². The van der Waals surface area contributed by atoms with Crippen LogP contribution in [0.25, 0.3) is 11.3 Å². The van der Waals surface area contributed by atoms with E-state index in [2.05, 4.69) is 15.5 Å². The number of carbonyl (C=O) groups is 1. The molecule has 3 rings (SSSR count). The molecule has 2 N–H and O–H groups in total. The van der Waals surface area contributed by atoms with Crippen molar-refractivity contribution in [2.45, 2.75) is 50.4 Å². The summed E-state index contributed by atoms with van der Waals surface area (Å²) in [5, 5.41) is 9.67. The number of H-pyrrole nitrogens is 1. The van der Waals surface area contributed by atoms with Gasteiger partial charge in [-0.25, -0.2) is 13.2 Å². The van der Waals surface area contributed by atoms with Gasteiger partial charge in [0.15, 0.2) is 0 Å². The van der Waals surface area contributed by atoms with Crippen LogP contribution in [0.5, 0.6) is 0 Å². The Balaban J connectivity index is 1.81. The molecule has 0 atom stereocenters. The van der Waals surface area contributed by atoms with Crippen LogP contribution in [0.15, 0.2) is 23.1 Å². The molecule has 8 nitrogen and oxygen atoms in total. The van der Waals surface area contributed by atoms with Gasteiger partial charge in [-0.15, -0.1) is 11.8 Å². The zero-order chi connectivity index (χ0) is 25.3. The van der Waals surface area contributed by atoms with Crippen LogP contribution >= 0.6 is 11.8 Å². The molecule has 2 heterocycles. The number of aromatic nitrogens is 2. The van der Waals surface area contributed by atoms with Crippen molar-refractivity contribution in [1.29, 1.82) is 0 Å². The van der Waals surface area contributed by atoms with Crippen molar-refractivity contribution in [1.82, 2.24) is 19.8 Å². The number of benzene rings is 1. The smallest absolute Gasteiger partial charge is 0.417 e. The lowest BCUT2D eigenvalue weighted by molar-refractivity contribution is -0.139. The molecule has 0 bridgehead atoms.